The maximum absolute atomic E-state index is 14.6. The summed E-state index contributed by atoms with van der Waals surface area (Å²) in [5, 5.41) is 12.1. The number of aromatic amines is 2. The highest BCUT2D eigenvalue weighted by Crippen LogP contribution is 2.35. The van der Waals surface area contributed by atoms with Crippen LogP contribution in [0.5, 0.6) is 0 Å². The number of hydrogen-bond donors (Lipinski definition) is 3. The van der Waals surface area contributed by atoms with Gasteiger partial charge in [-0.15, -0.1) is 0 Å². The molecule has 36 heavy (non-hydrogen) atoms. The summed E-state index contributed by atoms with van der Waals surface area (Å²) in [4.78, 5) is 24.0. The highest BCUT2D eigenvalue weighted by molar-refractivity contribution is 6.01. The fourth-order valence-electron chi connectivity index (χ4n) is 4.38. The predicted molar refractivity (Wildman–Crippen MR) is 139 cm³/mol. The van der Waals surface area contributed by atoms with E-state index in [4.69, 9.17) is 0 Å². The number of pyridine rings is 2. The lowest BCUT2D eigenvalue weighted by molar-refractivity contribution is -0.115. The molecule has 3 N–H and O–H groups in total. The summed E-state index contributed by atoms with van der Waals surface area (Å²) in [6.07, 6.45) is 5.48. The molecule has 1 amide bonds. The molecule has 0 saturated heterocycles. The third-order valence-corrected chi connectivity index (χ3v) is 6.18. The Morgan fingerprint density at radius 1 is 0.944 bits per heavy atom. The van der Waals surface area contributed by atoms with E-state index < -0.39 is 0 Å². The summed E-state index contributed by atoms with van der Waals surface area (Å²) in [5.74, 6) is -0.342. The minimum atomic E-state index is -0.266. The van der Waals surface area contributed by atoms with Crippen molar-refractivity contribution in [2.24, 2.45) is 0 Å². The van der Waals surface area contributed by atoms with E-state index in [1.807, 2.05) is 42.5 Å². The first-order chi connectivity index (χ1) is 17.6. The van der Waals surface area contributed by atoms with Crippen molar-refractivity contribution in [3.05, 3.63) is 85.1 Å². The largest absolute Gasteiger partial charge is 0.353 e. The highest BCUT2D eigenvalue weighted by atomic mass is 19.1. The summed E-state index contributed by atoms with van der Waals surface area (Å²) in [6.45, 7) is 1.80. The molecule has 176 valence electrons. The van der Waals surface area contributed by atoms with E-state index >= 15 is 0 Å². The molecular formula is C28H21FN6O. The number of nitrogens with one attached hydrogen (secondary N) is 3. The number of amides is 1. The van der Waals surface area contributed by atoms with Crippen LogP contribution < -0.4 is 5.32 Å². The second kappa shape index (κ2) is 8.74. The molecule has 0 saturated carbocycles. The van der Waals surface area contributed by atoms with E-state index in [-0.39, 0.29) is 11.7 Å². The van der Waals surface area contributed by atoms with Gasteiger partial charge in [-0.1, -0.05) is 37.3 Å². The van der Waals surface area contributed by atoms with Crippen LogP contribution in [0.3, 0.4) is 0 Å². The van der Waals surface area contributed by atoms with Gasteiger partial charge in [-0.3, -0.25) is 14.9 Å². The summed E-state index contributed by atoms with van der Waals surface area (Å²) in [6, 6.07) is 18.4. The van der Waals surface area contributed by atoms with Gasteiger partial charge in [0.05, 0.1) is 17.6 Å². The quantitative estimate of drug-likeness (QED) is 0.271. The molecule has 7 nitrogen and oxygen atoms in total. The summed E-state index contributed by atoms with van der Waals surface area (Å²) >= 11 is 0. The monoisotopic (exact) mass is 476 g/mol. The maximum atomic E-state index is 14.6. The molecule has 8 heteroatoms. The van der Waals surface area contributed by atoms with E-state index in [9.17, 15) is 9.18 Å². The lowest BCUT2D eigenvalue weighted by atomic mass is 10.0. The Labute approximate surface area is 205 Å². The molecule has 2 aromatic carbocycles. The topological polar surface area (TPSA) is 99.3 Å². The SMILES string of the molecule is CCC(=O)Nc1cncc(-c2cnc3[nH]nc(-c4cc5c(-c6ccccc6F)cccc5[nH]4)c3c2)c1. The predicted octanol–water partition coefficient (Wildman–Crippen LogP) is 6.32. The second-order valence-corrected chi connectivity index (χ2v) is 8.49. The Bertz CT molecular complexity index is 1750. The molecule has 0 unspecified atom stereocenters. The van der Waals surface area contributed by atoms with Crippen LogP contribution in [0.25, 0.3) is 55.6 Å². The number of fused-ring (bicyclic) bond motifs is 2. The lowest BCUT2D eigenvalue weighted by Gasteiger charge is -2.06. The van der Waals surface area contributed by atoms with E-state index in [0.717, 1.165) is 38.7 Å². The Balaban J connectivity index is 1.44. The average Bonchev–Trinajstić information content (AvgIpc) is 3.52. The molecule has 0 aliphatic rings. The zero-order chi connectivity index (χ0) is 24.6. The summed E-state index contributed by atoms with van der Waals surface area (Å²) in [7, 11) is 0. The van der Waals surface area contributed by atoms with Crippen LogP contribution in [0.2, 0.25) is 0 Å². The van der Waals surface area contributed by atoms with Crippen LogP contribution in [0.15, 0.2) is 79.3 Å². The fraction of sp³-hybridized carbons (Fsp3) is 0.0714. The van der Waals surface area contributed by atoms with E-state index in [2.05, 4.69) is 30.5 Å². The van der Waals surface area contributed by atoms with Crippen molar-refractivity contribution in [2.45, 2.75) is 13.3 Å². The molecule has 6 aromatic rings. The van der Waals surface area contributed by atoms with Crippen molar-refractivity contribution >= 4 is 33.5 Å². The van der Waals surface area contributed by atoms with Gasteiger partial charge < -0.3 is 10.3 Å². The Hall–Kier alpha value is -4.85. The van der Waals surface area contributed by atoms with Crippen molar-refractivity contribution < 1.29 is 9.18 Å². The minimum Gasteiger partial charge on any atom is -0.353 e. The highest BCUT2D eigenvalue weighted by Gasteiger charge is 2.16. The van der Waals surface area contributed by atoms with Crippen molar-refractivity contribution in [1.82, 2.24) is 25.1 Å². The molecule has 4 aromatic heterocycles. The molecule has 0 atom stereocenters. The lowest BCUT2D eigenvalue weighted by Crippen LogP contribution is -2.09. The van der Waals surface area contributed by atoms with Crippen LogP contribution >= 0.6 is 0 Å². The number of benzene rings is 2. The summed E-state index contributed by atoms with van der Waals surface area (Å²) in [5.41, 5.74) is 6.68. The number of halogens is 1. The summed E-state index contributed by atoms with van der Waals surface area (Å²) < 4.78 is 14.6. The number of carbonyl (C=O) groups is 1. The molecule has 0 spiro atoms. The van der Waals surface area contributed by atoms with E-state index in [0.29, 0.717) is 29.0 Å². The zero-order valence-corrected chi connectivity index (χ0v) is 19.3. The van der Waals surface area contributed by atoms with Crippen molar-refractivity contribution in [2.75, 3.05) is 5.32 Å². The number of rotatable bonds is 5. The van der Waals surface area contributed by atoms with Gasteiger partial charge in [0.15, 0.2) is 5.65 Å². The van der Waals surface area contributed by atoms with Gasteiger partial charge >= 0.3 is 0 Å². The van der Waals surface area contributed by atoms with Crippen molar-refractivity contribution in [3.8, 4) is 33.6 Å². The van der Waals surface area contributed by atoms with Gasteiger partial charge in [-0.2, -0.15) is 5.10 Å². The number of hydrogen-bond acceptors (Lipinski definition) is 4. The maximum Gasteiger partial charge on any atom is 0.224 e. The first-order valence-corrected chi connectivity index (χ1v) is 11.6. The normalized spacial score (nSPS) is 11.3. The van der Waals surface area contributed by atoms with Gasteiger partial charge in [0.25, 0.3) is 0 Å². The molecule has 0 fully saturated rings. The van der Waals surface area contributed by atoms with Crippen LogP contribution in [-0.4, -0.2) is 31.1 Å². The van der Waals surface area contributed by atoms with Gasteiger partial charge in [0.2, 0.25) is 5.91 Å². The smallest absolute Gasteiger partial charge is 0.224 e. The van der Waals surface area contributed by atoms with Crippen LogP contribution in [0, 0.1) is 5.82 Å². The van der Waals surface area contributed by atoms with Crippen molar-refractivity contribution in [1.29, 1.82) is 0 Å². The first-order valence-electron chi connectivity index (χ1n) is 11.6. The third-order valence-electron chi connectivity index (χ3n) is 6.18. The second-order valence-electron chi connectivity index (χ2n) is 8.49. The first kappa shape index (κ1) is 21.7. The minimum absolute atomic E-state index is 0.0757. The van der Waals surface area contributed by atoms with E-state index in [1.54, 1.807) is 37.6 Å². The Kier molecular flexibility index (Phi) is 5.26. The fourth-order valence-corrected chi connectivity index (χ4v) is 4.38. The molecule has 0 bridgehead atoms. The molecule has 0 aliphatic heterocycles. The van der Waals surface area contributed by atoms with Gasteiger partial charge in [0, 0.05) is 51.8 Å². The van der Waals surface area contributed by atoms with Crippen LogP contribution in [-0.2, 0) is 4.79 Å². The molecular weight excluding hydrogens is 455 g/mol. The molecule has 0 radical (unpaired) electrons. The van der Waals surface area contributed by atoms with Gasteiger partial charge in [0.1, 0.15) is 11.5 Å². The van der Waals surface area contributed by atoms with E-state index in [1.165, 1.54) is 6.07 Å². The number of anilines is 1. The standard InChI is InChI=1S/C28H21FN6O/c1-2-26(36)32-18-10-16(13-30-15-18)17-11-22-27(34-35-28(22)31-14-17)25-12-21-19(7-5-9-24(21)33-25)20-6-3-4-8-23(20)29/h3-15,33H,2H2,1H3,(H,32,36)(H,31,34,35). The number of nitrogens with zero attached hydrogens (tertiary/aromatic N) is 3. The number of H-pyrrole nitrogens is 2. The Morgan fingerprint density at radius 3 is 2.64 bits per heavy atom. The third kappa shape index (κ3) is 3.78. The van der Waals surface area contributed by atoms with Crippen molar-refractivity contribution in [3.63, 3.8) is 0 Å². The molecule has 4 heterocycles. The molecule has 6 rings (SSSR count). The van der Waals surface area contributed by atoms with Gasteiger partial charge in [-0.25, -0.2) is 9.37 Å². The van der Waals surface area contributed by atoms with Gasteiger partial charge in [-0.05, 0) is 35.9 Å². The number of carbonyl (C=O) groups excluding carboxylic acids is 1. The van der Waals surface area contributed by atoms with Crippen LogP contribution in [0.4, 0.5) is 10.1 Å². The number of aromatic nitrogens is 5. The Morgan fingerprint density at radius 2 is 1.78 bits per heavy atom. The zero-order valence-electron chi connectivity index (χ0n) is 19.3. The van der Waals surface area contributed by atoms with Crippen LogP contribution in [0.1, 0.15) is 13.3 Å². The average molecular weight is 477 g/mol. The molecule has 0 aliphatic carbocycles.